The number of halogens is 1. The second-order valence-corrected chi connectivity index (χ2v) is 3.55. The van der Waals surface area contributed by atoms with Crippen molar-refractivity contribution >= 4 is 23.0 Å². The molecule has 0 aliphatic heterocycles. The van der Waals surface area contributed by atoms with Crippen molar-refractivity contribution in [2.24, 2.45) is 0 Å². The topological polar surface area (TPSA) is 48.1 Å². The maximum atomic E-state index is 5.91. The summed E-state index contributed by atoms with van der Waals surface area (Å²) in [5.41, 5.74) is 6.89. The van der Waals surface area contributed by atoms with Gasteiger partial charge in [-0.25, -0.2) is 4.98 Å². The quantitative estimate of drug-likeness (QED) is 0.477. The average Bonchev–Trinajstić information content (AvgIpc) is 2.18. The number of nitrogens with zero attached hydrogens (tertiary/aromatic N) is 1. The molecule has 1 rings (SSSR count). The van der Waals surface area contributed by atoms with E-state index in [1.807, 2.05) is 0 Å². The summed E-state index contributed by atoms with van der Waals surface area (Å²) in [6.45, 7) is 6.51. The van der Waals surface area contributed by atoms with E-state index >= 15 is 0 Å². The smallest absolute Gasteiger partial charge is 0.142 e. The molecule has 1 aromatic rings. The van der Waals surface area contributed by atoms with E-state index in [4.69, 9.17) is 22.1 Å². The molecular formula is C11H15ClN2O. The number of ether oxygens (including phenoxy) is 1. The number of hydrogen-bond donors (Lipinski definition) is 1. The minimum absolute atomic E-state index is 0.330. The lowest BCUT2D eigenvalue weighted by atomic mass is 10.2. The maximum absolute atomic E-state index is 5.91. The van der Waals surface area contributed by atoms with Crippen molar-refractivity contribution in [3.05, 3.63) is 29.6 Å². The van der Waals surface area contributed by atoms with Gasteiger partial charge in [-0.3, -0.25) is 0 Å². The molecule has 0 saturated heterocycles. The predicted octanol–water partition coefficient (Wildman–Crippen LogP) is 3.10. The minimum Gasteiger partial charge on any atom is -0.493 e. The van der Waals surface area contributed by atoms with Crippen LogP contribution in [0.25, 0.3) is 5.76 Å². The largest absolute Gasteiger partial charge is 0.493 e. The van der Waals surface area contributed by atoms with Gasteiger partial charge in [0.1, 0.15) is 10.9 Å². The summed E-state index contributed by atoms with van der Waals surface area (Å²) in [4.78, 5) is 3.93. The molecule has 0 atom stereocenters. The third kappa shape index (κ3) is 3.13. The van der Waals surface area contributed by atoms with Crippen LogP contribution < -0.4 is 5.73 Å². The molecule has 3 nitrogen and oxygen atoms in total. The Labute approximate surface area is 94.9 Å². The minimum atomic E-state index is 0.330. The van der Waals surface area contributed by atoms with E-state index in [1.165, 1.54) is 0 Å². The van der Waals surface area contributed by atoms with E-state index in [-0.39, 0.29) is 0 Å². The van der Waals surface area contributed by atoms with E-state index < -0.39 is 0 Å². The Kier molecular flexibility index (Phi) is 4.43. The molecule has 0 amide bonds. The van der Waals surface area contributed by atoms with Crippen molar-refractivity contribution in [1.29, 1.82) is 0 Å². The lowest BCUT2D eigenvalue weighted by Gasteiger charge is -2.11. The summed E-state index contributed by atoms with van der Waals surface area (Å²) >= 11 is 5.91. The molecule has 0 aliphatic rings. The Morgan fingerprint density at radius 3 is 3.00 bits per heavy atom. The molecular weight excluding hydrogens is 212 g/mol. The fraction of sp³-hybridized carbons (Fsp3) is 0.364. The van der Waals surface area contributed by atoms with Crippen LogP contribution in [-0.2, 0) is 4.74 Å². The SMILES string of the molecule is C=C(OCCCC)c1c(N)ccnc1Cl. The van der Waals surface area contributed by atoms with E-state index in [0.717, 1.165) is 12.8 Å². The van der Waals surface area contributed by atoms with Crippen molar-refractivity contribution in [2.75, 3.05) is 12.3 Å². The Morgan fingerprint density at radius 1 is 1.67 bits per heavy atom. The summed E-state index contributed by atoms with van der Waals surface area (Å²) in [5.74, 6) is 0.485. The molecule has 15 heavy (non-hydrogen) atoms. The second kappa shape index (κ2) is 5.61. The lowest BCUT2D eigenvalue weighted by molar-refractivity contribution is 0.271. The van der Waals surface area contributed by atoms with Crippen LogP contribution in [0.4, 0.5) is 5.69 Å². The van der Waals surface area contributed by atoms with Gasteiger partial charge in [-0.1, -0.05) is 31.5 Å². The van der Waals surface area contributed by atoms with Crippen LogP contribution in [0.1, 0.15) is 25.3 Å². The molecule has 0 aromatic carbocycles. The van der Waals surface area contributed by atoms with Gasteiger partial charge in [0, 0.05) is 11.9 Å². The molecule has 0 saturated carbocycles. The van der Waals surface area contributed by atoms with Crippen LogP contribution in [0.2, 0.25) is 5.15 Å². The summed E-state index contributed by atoms with van der Waals surface area (Å²) in [6, 6.07) is 1.68. The van der Waals surface area contributed by atoms with Crippen molar-refractivity contribution in [3.63, 3.8) is 0 Å². The third-order valence-corrected chi connectivity index (χ3v) is 2.28. The highest BCUT2D eigenvalue weighted by molar-refractivity contribution is 6.31. The van der Waals surface area contributed by atoms with Crippen molar-refractivity contribution in [2.45, 2.75) is 19.8 Å². The van der Waals surface area contributed by atoms with Gasteiger partial charge in [0.15, 0.2) is 0 Å². The van der Waals surface area contributed by atoms with Crippen molar-refractivity contribution in [3.8, 4) is 0 Å². The van der Waals surface area contributed by atoms with Crippen LogP contribution in [0.3, 0.4) is 0 Å². The standard InChI is InChI=1S/C11H15ClN2O/c1-3-4-7-15-8(2)10-9(13)5-6-14-11(10)12/h5-6H,2-4,7H2,1H3,(H2,13,14). The Balaban J connectivity index is 2.73. The van der Waals surface area contributed by atoms with Crippen molar-refractivity contribution in [1.82, 2.24) is 4.98 Å². The predicted molar refractivity (Wildman–Crippen MR) is 63.6 cm³/mol. The third-order valence-electron chi connectivity index (χ3n) is 1.99. The van der Waals surface area contributed by atoms with Gasteiger partial charge >= 0.3 is 0 Å². The zero-order valence-corrected chi connectivity index (χ0v) is 9.55. The average molecular weight is 227 g/mol. The molecule has 2 N–H and O–H groups in total. The molecule has 0 unspecified atom stereocenters. The van der Waals surface area contributed by atoms with Gasteiger partial charge in [-0.15, -0.1) is 0 Å². The van der Waals surface area contributed by atoms with Gasteiger partial charge in [-0.05, 0) is 12.5 Å². The summed E-state index contributed by atoms with van der Waals surface area (Å²) in [5, 5.41) is 0.330. The number of unbranched alkanes of at least 4 members (excludes halogenated alkanes) is 1. The zero-order valence-electron chi connectivity index (χ0n) is 8.79. The molecule has 0 fully saturated rings. The first-order valence-corrected chi connectivity index (χ1v) is 5.26. The maximum Gasteiger partial charge on any atom is 0.142 e. The first-order valence-electron chi connectivity index (χ1n) is 4.88. The van der Waals surface area contributed by atoms with Crippen LogP contribution in [0.5, 0.6) is 0 Å². The number of pyridine rings is 1. The van der Waals surface area contributed by atoms with E-state index in [1.54, 1.807) is 12.3 Å². The number of hydrogen-bond acceptors (Lipinski definition) is 3. The number of anilines is 1. The van der Waals surface area contributed by atoms with Gasteiger partial charge in [0.25, 0.3) is 0 Å². The summed E-state index contributed by atoms with van der Waals surface area (Å²) < 4.78 is 5.43. The molecule has 82 valence electrons. The first kappa shape index (κ1) is 11.9. The molecule has 0 bridgehead atoms. The van der Waals surface area contributed by atoms with E-state index in [2.05, 4.69) is 18.5 Å². The van der Waals surface area contributed by atoms with Crippen molar-refractivity contribution < 1.29 is 4.74 Å². The van der Waals surface area contributed by atoms with Gasteiger partial charge in [-0.2, -0.15) is 0 Å². The Hall–Kier alpha value is -1.22. The highest BCUT2D eigenvalue weighted by Crippen LogP contribution is 2.27. The van der Waals surface area contributed by atoms with E-state index in [0.29, 0.717) is 28.8 Å². The highest BCUT2D eigenvalue weighted by atomic mass is 35.5. The Morgan fingerprint density at radius 2 is 2.40 bits per heavy atom. The normalized spacial score (nSPS) is 10.0. The van der Waals surface area contributed by atoms with Crippen LogP contribution in [0.15, 0.2) is 18.8 Å². The molecule has 0 spiro atoms. The Bertz CT molecular complexity index is 332. The number of nitrogens with two attached hydrogens (primary N) is 1. The number of rotatable bonds is 5. The molecule has 0 aliphatic carbocycles. The second-order valence-electron chi connectivity index (χ2n) is 3.19. The van der Waals surface area contributed by atoms with Gasteiger partial charge < -0.3 is 10.5 Å². The fourth-order valence-electron chi connectivity index (χ4n) is 1.14. The monoisotopic (exact) mass is 226 g/mol. The van der Waals surface area contributed by atoms with Gasteiger partial charge in [0.05, 0.1) is 12.2 Å². The zero-order chi connectivity index (χ0) is 11.3. The van der Waals surface area contributed by atoms with E-state index in [9.17, 15) is 0 Å². The van der Waals surface area contributed by atoms with Crippen LogP contribution >= 0.6 is 11.6 Å². The summed E-state index contributed by atoms with van der Waals surface area (Å²) in [6.07, 6.45) is 3.61. The highest BCUT2D eigenvalue weighted by Gasteiger charge is 2.10. The van der Waals surface area contributed by atoms with Crippen LogP contribution in [-0.4, -0.2) is 11.6 Å². The molecule has 4 heteroatoms. The fourth-order valence-corrected chi connectivity index (χ4v) is 1.41. The molecule has 1 heterocycles. The molecule has 1 aromatic heterocycles. The summed E-state index contributed by atoms with van der Waals surface area (Å²) in [7, 11) is 0. The molecule has 0 radical (unpaired) electrons. The van der Waals surface area contributed by atoms with Gasteiger partial charge in [0.2, 0.25) is 0 Å². The van der Waals surface area contributed by atoms with Crippen LogP contribution in [0, 0.1) is 0 Å². The first-order chi connectivity index (χ1) is 7.16. The lowest BCUT2D eigenvalue weighted by Crippen LogP contribution is -2.00. The number of aromatic nitrogens is 1. The number of nitrogen functional groups attached to an aromatic ring is 1.